The summed E-state index contributed by atoms with van der Waals surface area (Å²) in [5.74, 6) is -0.907. The molecule has 1 aromatic heterocycles. The predicted molar refractivity (Wildman–Crippen MR) is 70.0 cm³/mol. The van der Waals surface area contributed by atoms with Gasteiger partial charge in [-0.2, -0.15) is 4.98 Å². The Morgan fingerprint density at radius 1 is 1.35 bits per heavy atom. The number of cyclic esters (lactones) is 1. The highest BCUT2D eigenvalue weighted by molar-refractivity contribution is 6.28. The van der Waals surface area contributed by atoms with Crippen LogP contribution in [0.4, 0.5) is 15.0 Å². The van der Waals surface area contributed by atoms with Crippen LogP contribution in [0.2, 0.25) is 5.28 Å². The maximum Gasteiger partial charge on any atom is 0.416 e. The highest BCUT2D eigenvalue weighted by Crippen LogP contribution is 2.33. The van der Waals surface area contributed by atoms with Gasteiger partial charge in [-0.3, -0.25) is 0 Å². The van der Waals surface area contributed by atoms with Gasteiger partial charge in [-0.05, 0) is 17.2 Å². The maximum absolute atomic E-state index is 13.9. The zero-order valence-electron chi connectivity index (χ0n) is 10.2. The SMILES string of the molecule is O=C1OCC(c2ccccc2)N1c1nc(Cl)ncc1F. The third-order valence-electron chi connectivity index (χ3n) is 2.98. The molecule has 1 aliphatic rings. The number of ether oxygens (including phenoxy) is 1. The molecule has 1 unspecified atom stereocenters. The van der Waals surface area contributed by atoms with Crippen LogP contribution < -0.4 is 4.90 Å². The summed E-state index contributed by atoms with van der Waals surface area (Å²) in [6.45, 7) is 0.129. The van der Waals surface area contributed by atoms with Gasteiger partial charge < -0.3 is 4.74 Å². The summed E-state index contributed by atoms with van der Waals surface area (Å²) in [6, 6.07) is 8.75. The topological polar surface area (TPSA) is 55.3 Å². The van der Waals surface area contributed by atoms with Crippen LogP contribution in [0.15, 0.2) is 36.5 Å². The van der Waals surface area contributed by atoms with E-state index in [1.165, 1.54) is 0 Å². The van der Waals surface area contributed by atoms with Gasteiger partial charge in [0.2, 0.25) is 5.28 Å². The first-order chi connectivity index (χ1) is 9.66. The highest BCUT2D eigenvalue weighted by Gasteiger charge is 2.38. The third kappa shape index (κ3) is 2.18. The summed E-state index contributed by atoms with van der Waals surface area (Å²) in [7, 11) is 0. The van der Waals surface area contributed by atoms with E-state index in [-0.39, 0.29) is 17.7 Å². The van der Waals surface area contributed by atoms with Crippen LogP contribution >= 0.6 is 11.6 Å². The van der Waals surface area contributed by atoms with E-state index in [1.54, 1.807) is 0 Å². The summed E-state index contributed by atoms with van der Waals surface area (Å²) in [5, 5.41) is -0.132. The molecule has 1 aliphatic heterocycles. The number of hydrogen-bond donors (Lipinski definition) is 0. The third-order valence-corrected chi connectivity index (χ3v) is 3.16. The Labute approximate surface area is 119 Å². The molecule has 102 valence electrons. The van der Waals surface area contributed by atoms with Gasteiger partial charge in [0, 0.05) is 0 Å². The van der Waals surface area contributed by atoms with E-state index >= 15 is 0 Å². The zero-order chi connectivity index (χ0) is 14.1. The molecule has 20 heavy (non-hydrogen) atoms. The lowest BCUT2D eigenvalue weighted by Gasteiger charge is -2.20. The minimum absolute atomic E-state index is 0.129. The van der Waals surface area contributed by atoms with Crippen molar-refractivity contribution in [3.63, 3.8) is 0 Å². The van der Waals surface area contributed by atoms with Gasteiger partial charge in [0.1, 0.15) is 12.6 Å². The lowest BCUT2D eigenvalue weighted by atomic mass is 10.1. The van der Waals surface area contributed by atoms with Crippen LogP contribution in [-0.4, -0.2) is 22.7 Å². The maximum atomic E-state index is 13.9. The van der Waals surface area contributed by atoms with Crippen molar-refractivity contribution in [2.45, 2.75) is 6.04 Å². The normalized spacial score (nSPS) is 18.2. The smallest absolute Gasteiger partial charge is 0.416 e. The van der Waals surface area contributed by atoms with Gasteiger partial charge in [0.05, 0.1) is 6.20 Å². The molecular weight excluding hydrogens is 285 g/mol. The summed E-state index contributed by atoms with van der Waals surface area (Å²) in [5.41, 5.74) is 0.826. The molecule has 1 saturated heterocycles. The van der Waals surface area contributed by atoms with Gasteiger partial charge in [-0.25, -0.2) is 19.1 Å². The molecule has 0 aliphatic carbocycles. The second-order valence-corrected chi connectivity index (χ2v) is 4.52. The molecule has 0 radical (unpaired) electrons. The molecule has 1 fully saturated rings. The minimum Gasteiger partial charge on any atom is -0.447 e. The molecule has 0 spiro atoms. The predicted octanol–water partition coefficient (Wildman–Crippen LogP) is 2.97. The first-order valence-electron chi connectivity index (χ1n) is 5.86. The van der Waals surface area contributed by atoms with Crippen molar-refractivity contribution >= 4 is 23.5 Å². The lowest BCUT2D eigenvalue weighted by molar-refractivity contribution is 0.178. The molecule has 2 aromatic rings. The van der Waals surface area contributed by atoms with E-state index in [9.17, 15) is 9.18 Å². The van der Waals surface area contributed by atoms with Crippen LogP contribution in [0, 0.1) is 5.82 Å². The van der Waals surface area contributed by atoms with Crippen LogP contribution in [0.25, 0.3) is 0 Å². The molecular formula is C13H9ClFN3O2. The molecule has 5 nitrogen and oxygen atoms in total. The number of anilines is 1. The van der Waals surface area contributed by atoms with Crippen molar-refractivity contribution in [2.24, 2.45) is 0 Å². The molecule has 0 N–H and O–H groups in total. The summed E-state index contributed by atoms with van der Waals surface area (Å²) in [6.07, 6.45) is 0.269. The lowest BCUT2D eigenvalue weighted by Crippen LogP contribution is -2.29. The minimum atomic E-state index is -0.728. The first kappa shape index (κ1) is 12.8. The van der Waals surface area contributed by atoms with Gasteiger partial charge in [-0.15, -0.1) is 0 Å². The summed E-state index contributed by atoms with van der Waals surface area (Å²) in [4.78, 5) is 20.3. The number of halogens is 2. The molecule has 3 rings (SSSR count). The first-order valence-corrected chi connectivity index (χ1v) is 6.23. The van der Waals surface area contributed by atoms with Crippen molar-refractivity contribution in [1.29, 1.82) is 0 Å². The van der Waals surface area contributed by atoms with Crippen molar-refractivity contribution < 1.29 is 13.9 Å². The highest BCUT2D eigenvalue weighted by atomic mass is 35.5. The molecule has 0 bridgehead atoms. The zero-order valence-corrected chi connectivity index (χ0v) is 10.9. The number of amides is 1. The Morgan fingerprint density at radius 3 is 2.85 bits per heavy atom. The fourth-order valence-electron chi connectivity index (χ4n) is 2.08. The summed E-state index contributed by atoms with van der Waals surface area (Å²) >= 11 is 5.67. The Kier molecular flexibility index (Phi) is 3.23. The fourth-order valence-corrected chi connectivity index (χ4v) is 2.21. The van der Waals surface area contributed by atoms with Gasteiger partial charge in [-0.1, -0.05) is 30.3 Å². The van der Waals surface area contributed by atoms with Crippen molar-refractivity contribution in [1.82, 2.24) is 9.97 Å². The second kappa shape index (κ2) is 5.05. The van der Waals surface area contributed by atoms with Crippen molar-refractivity contribution in [3.05, 3.63) is 53.2 Å². The Morgan fingerprint density at radius 2 is 2.10 bits per heavy atom. The quantitative estimate of drug-likeness (QED) is 0.799. The van der Waals surface area contributed by atoms with E-state index in [0.29, 0.717) is 0 Å². The Hall–Kier alpha value is -2.21. The number of carbonyl (C=O) groups is 1. The monoisotopic (exact) mass is 293 g/mol. The average molecular weight is 294 g/mol. The van der Waals surface area contributed by atoms with Gasteiger partial charge >= 0.3 is 6.09 Å². The van der Waals surface area contributed by atoms with Crippen LogP contribution in [0.3, 0.4) is 0 Å². The number of rotatable bonds is 2. The number of carbonyl (C=O) groups excluding carboxylic acids is 1. The van der Waals surface area contributed by atoms with Crippen molar-refractivity contribution in [2.75, 3.05) is 11.5 Å². The molecule has 1 amide bonds. The molecule has 7 heteroatoms. The van der Waals surface area contributed by atoms with Crippen LogP contribution in [-0.2, 0) is 4.74 Å². The van der Waals surface area contributed by atoms with Gasteiger partial charge in [0.25, 0.3) is 0 Å². The molecule has 1 atom stereocenters. The molecule has 0 saturated carbocycles. The molecule has 2 heterocycles. The number of hydrogen-bond acceptors (Lipinski definition) is 4. The average Bonchev–Trinajstić information content (AvgIpc) is 2.84. The largest absolute Gasteiger partial charge is 0.447 e. The van der Waals surface area contributed by atoms with Crippen LogP contribution in [0.5, 0.6) is 0 Å². The fraction of sp³-hybridized carbons (Fsp3) is 0.154. The number of benzene rings is 1. The number of aromatic nitrogens is 2. The second-order valence-electron chi connectivity index (χ2n) is 4.18. The van der Waals surface area contributed by atoms with E-state index in [0.717, 1.165) is 16.7 Å². The van der Waals surface area contributed by atoms with Crippen LogP contribution in [0.1, 0.15) is 11.6 Å². The van der Waals surface area contributed by atoms with E-state index in [2.05, 4.69) is 9.97 Å². The number of nitrogens with zero attached hydrogens (tertiary/aromatic N) is 3. The van der Waals surface area contributed by atoms with Crippen molar-refractivity contribution in [3.8, 4) is 0 Å². The summed E-state index contributed by atoms with van der Waals surface area (Å²) < 4.78 is 18.8. The Bertz CT molecular complexity index is 653. The standard InChI is InChI=1S/C13H9ClFN3O2/c14-12-16-6-9(15)11(17-12)18-10(7-20-13(18)19)8-4-2-1-3-5-8/h1-6,10H,7H2. The van der Waals surface area contributed by atoms with Gasteiger partial charge in [0.15, 0.2) is 11.6 Å². The Balaban J connectivity index is 2.05. The molecule has 1 aromatic carbocycles. The van der Waals surface area contributed by atoms with E-state index < -0.39 is 18.0 Å². The van der Waals surface area contributed by atoms with E-state index in [4.69, 9.17) is 16.3 Å². The van der Waals surface area contributed by atoms with E-state index in [1.807, 2.05) is 30.3 Å².